The van der Waals surface area contributed by atoms with Crippen LogP contribution in [0.4, 0.5) is 0 Å². The van der Waals surface area contributed by atoms with E-state index in [1.165, 1.54) is 0 Å². The van der Waals surface area contributed by atoms with E-state index in [9.17, 15) is 4.79 Å². The molecule has 0 spiro atoms. The summed E-state index contributed by atoms with van der Waals surface area (Å²) in [5.41, 5.74) is 2.00. The third-order valence-electron chi connectivity index (χ3n) is 2.75. The van der Waals surface area contributed by atoms with E-state index in [4.69, 9.17) is 0 Å². The third-order valence-corrected chi connectivity index (χ3v) is 3.67. The summed E-state index contributed by atoms with van der Waals surface area (Å²) in [6.45, 7) is 2.95. The Morgan fingerprint density at radius 2 is 2.24 bits per heavy atom. The van der Waals surface area contributed by atoms with E-state index in [0.29, 0.717) is 12.8 Å². The summed E-state index contributed by atoms with van der Waals surface area (Å²) < 4.78 is 2.79. The van der Waals surface area contributed by atoms with Gasteiger partial charge < -0.3 is 5.32 Å². The number of hydrogen-bond donors (Lipinski definition) is 1. The predicted octanol–water partition coefficient (Wildman–Crippen LogP) is 1.86. The molecule has 0 unspecified atom stereocenters. The lowest BCUT2D eigenvalue weighted by Crippen LogP contribution is -2.12. The summed E-state index contributed by atoms with van der Waals surface area (Å²) in [6.07, 6.45) is 2.86. The third kappa shape index (κ3) is 3.92. The highest BCUT2D eigenvalue weighted by molar-refractivity contribution is 9.10. The van der Waals surface area contributed by atoms with Crippen LogP contribution in [0, 0.1) is 0 Å². The van der Waals surface area contributed by atoms with Gasteiger partial charge in [-0.25, -0.2) is 0 Å². The van der Waals surface area contributed by atoms with Gasteiger partial charge in [0.2, 0.25) is 0 Å². The van der Waals surface area contributed by atoms with Crippen molar-refractivity contribution >= 4 is 21.7 Å². The lowest BCUT2D eigenvalue weighted by molar-refractivity contribution is -0.118. The lowest BCUT2D eigenvalue weighted by Gasteiger charge is -2.03. The van der Waals surface area contributed by atoms with Gasteiger partial charge >= 0.3 is 0 Å². The minimum atomic E-state index is 0.270. The van der Waals surface area contributed by atoms with Gasteiger partial charge in [-0.3, -0.25) is 9.48 Å². The molecule has 0 radical (unpaired) electrons. The smallest absolute Gasteiger partial charge is 0.138 e. The predicted molar refractivity (Wildman–Crippen MR) is 72.2 cm³/mol. The first-order chi connectivity index (χ1) is 8.10. The number of nitrogens with zero attached hydrogens (tertiary/aromatic N) is 2. The van der Waals surface area contributed by atoms with Gasteiger partial charge in [0.1, 0.15) is 5.78 Å². The molecule has 1 heterocycles. The number of ketones is 1. The molecule has 1 aromatic rings. The number of nitrogens with one attached hydrogen (secondary N) is 1. The summed E-state index contributed by atoms with van der Waals surface area (Å²) >= 11 is 3.52. The zero-order valence-electron chi connectivity index (χ0n) is 10.7. The van der Waals surface area contributed by atoms with E-state index in [1.54, 1.807) is 4.68 Å². The number of rotatable bonds is 7. The maximum absolute atomic E-state index is 11.8. The Morgan fingerprint density at radius 1 is 1.53 bits per heavy atom. The Balaban J connectivity index is 2.62. The van der Waals surface area contributed by atoms with Crippen molar-refractivity contribution < 1.29 is 4.79 Å². The number of carbonyl (C=O) groups excluding carboxylic acids is 1. The van der Waals surface area contributed by atoms with E-state index in [1.807, 2.05) is 14.1 Å². The summed E-state index contributed by atoms with van der Waals surface area (Å²) in [7, 11) is 3.79. The van der Waals surface area contributed by atoms with Crippen molar-refractivity contribution in [3.05, 3.63) is 15.9 Å². The molecule has 17 heavy (non-hydrogen) atoms. The molecule has 0 aromatic carbocycles. The monoisotopic (exact) mass is 301 g/mol. The molecule has 0 bridgehead atoms. The Bertz CT molecular complexity index is 387. The average Bonchev–Trinajstić information content (AvgIpc) is 2.57. The highest BCUT2D eigenvalue weighted by Crippen LogP contribution is 2.22. The topological polar surface area (TPSA) is 46.9 Å². The molecule has 0 saturated carbocycles. The number of Topliss-reactive ketones (excluding diaryl/α,β-unsaturated/α-hetero) is 1. The van der Waals surface area contributed by atoms with Crippen LogP contribution in [0.1, 0.15) is 31.2 Å². The zero-order chi connectivity index (χ0) is 12.8. The molecule has 0 aliphatic carbocycles. The minimum Gasteiger partial charge on any atom is -0.320 e. The largest absolute Gasteiger partial charge is 0.320 e. The Hall–Kier alpha value is -0.680. The Kier molecular flexibility index (Phi) is 5.85. The van der Waals surface area contributed by atoms with Gasteiger partial charge in [-0.2, -0.15) is 5.10 Å². The number of aryl methyl sites for hydroxylation is 2. The second-order valence-corrected chi connectivity index (χ2v) is 4.90. The average molecular weight is 302 g/mol. The quantitative estimate of drug-likeness (QED) is 0.782. The molecular formula is C12H20BrN3O. The molecule has 1 N–H and O–H groups in total. The van der Waals surface area contributed by atoms with Crippen LogP contribution in [0.3, 0.4) is 0 Å². The SMILES string of the molecule is CCc1nn(C)c(CC(=O)CCCNC)c1Br. The van der Waals surface area contributed by atoms with E-state index in [0.717, 1.165) is 35.2 Å². The Morgan fingerprint density at radius 3 is 2.76 bits per heavy atom. The number of hydrogen-bond acceptors (Lipinski definition) is 3. The van der Waals surface area contributed by atoms with Gasteiger partial charge in [-0.05, 0) is 42.4 Å². The normalized spacial score (nSPS) is 10.8. The molecule has 0 atom stereocenters. The van der Waals surface area contributed by atoms with Gasteiger partial charge in [0.15, 0.2) is 0 Å². The summed E-state index contributed by atoms with van der Waals surface area (Å²) in [5.74, 6) is 0.270. The highest BCUT2D eigenvalue weighted by Gasteiger charge is 2.15. The maximum Gasteiger partial charge on any atom is 0.138 e. The van der Waals surface area contributed by atoms with E-state index >= 15 is 0 Å². The van der Waals surface area contributed by atoms with Gasteiger partial charge in [-0.15, -0.1) is 0 Å². The molecule has 0 aliphatic rings. The molecule has 0 amide bonds. The van der Waals surface area contributed by atoms with Gasteiger partial charge in [0.25, 0.3) is 0 Å². The van der Waals surface area contributed by atoms with Crippen LogP contribution in [0.15, 0.2) is 4.47 Å². The van der Waals surface area contributed by atoms with Crippen molar-refractivity contribution in [2.45, 2.75) is 32.6 Å². The van der Waals surface area contributed by atoms with Gasteiger partial charge in [0, 0.05) is 19.9 Å². The molecule has 96 valence electrons. The first-order valence-corrected chi connectivity index (χ1v) is 6.76. The highest BCUT2D eigenvalue weighted by atomic mass is 79.9. The van der Waals surface area contributed by atoms with Crippen LogP contribution in [-0.4, -0.2) is 29.2 Å². The first kappa shape index (κ1) is 14.4. The van der Waals surface area contributed by atoms with Crippen LogP contribution in [0.5, 0.6) is 0 Å². The number of carbonyl (C=O) groups is 1. The second kappa shape index (κ2) is 6.91. The van der Waals surface area contributed by atoms with Crippen molar-refractivity contribution in [3.63, 3.8) is 0 Å². The van der Waals surface area contributed by atoms with Crippen molar-refractivity contribution in [1.82, 2.24) is 15.1 Å². The summed E-state index contributed by atoms with van der Waals surface area (Å²) in [4.78, 5) is 11.8. The number of halogens is 1. The molecule has 4 nitrogen and oxygen atoms in total. The molecule has 0 fully saturated rings. The van der Waals surface area contributed by atoms with Gasteiger partial charge in [0.05, 0.1) is 15.9 Å². The second-order valence-electron chi connectivity index (χ2n) is 4.11. The minimum absolute atomic E-state index is 0.270. The van der Waals surface area contributed by atoms with Gasteiger partial charge in [-0.1, -0.05) is 6.92 Å². The van der Waals surface area contributed by atoms with Crippen molar-refractivity contribution in [1.29, 1.82) is 0 Å². The van der Waals surface area contributed by atoms with E-state index in [-0.39, 0.29) is 5.78 Å². The van der Waals surface area contributed by atoms with Crippen molar-refractivity contribution in [3.8, 4) is 0 Å². The van der Waals surface area contributed by atoms with Crippen LogP contribution in [-0.2, 0) is 24.7 Å². The van der Waals surface area contributed by atoms with Crippen LogP contribution in [0.2, 0.25) is 0 Å². The fraction of sp³-hybridized carbons (Fsp3) is 0.667. The zero-order valence-corrected chi connectivity index (χ0v) is 12.3. The molecule has 1 aromatic heterocycles. The van der Waals surface area contributed by atoms with Crippen LogP contribution >= 0.6 is 15.9 Å². The maximum atomic E-state index is 11.8. The molecule has 1 rings (SSSR count). The van der Waals surface area contributed by atoms with E-state index in [2.05, 4.69) is 33.3 Å². The van der Waals surface area contributed by atoms with Crippen molar-refractivity contribution in [2.24, 2.45) is 7.05 Å². The fourth-order valence-electron chi connectivity index (χ4n) is 1.75. The summed E-state index contributed by atoms with van der Waals surface area (Å²) in [6, 6.07) is 0. The number of aromatic nitrogens is 2. The van der Waals surface area contributed by atoms with Crippen LogP contribution in [0.25, 0.3) is 0 Å². The molecular weight excluding hydrogens is 282 g/mol. The molecule has 0 saturated heterocycles. The first-order valence-electron chi connectivity index (χ1n) is 5.96. The molecule has 0 aliphatic heterocycles. The van der Waals surface area contributed by atoms with E-state index < -0.39 is 0 Å². The summed E-state index contributed by atoms with van der Waals surface area (Å²) in [5, 5.41) is 7.43. The Labute approximate surface area is 111 Å². The van der Waals surface area contributed by atoms with Crippen LogP contribution < -0.4 is 5.32 Å². The lowest BCUT2D eigenvalue weighted by atomic mass is 10.1. The standard InChI is InChI=1S/C12H20BrN3O/c1-4-10-12(13)11(16(3)15-10)8-9(17)6-5-7-14-2/h14H,4-8H2,1-3H3. The van der Waals surface area contributed by atoms with Crippen molar-refractivity contribution in [2.75, 3.05) is 13.6 Å². The molecule has 5 heteroatoms. The fourth-order valence-corrected chi connectivity index (χ4v) is 2.51.